The molecule has 1 aromatic heterocycles. The van der Waals surface area contributed by atoms with Crippen molar-refractivity contribution in [2.75, 3.05) is 5.75 Å². The van der Waals surface area contributed by atoms with Crippen LogP contribution in [0.5, 0.6) is 0 Å². The molecule has 0 aliphatic rings. The van der Waals surface area contributed by atoms with E-state index >= 15 is 0 Å². The number of ketones is 1. The second kappa shape index (κ2) is 7.54. The van der Waals surface area contributed by atoms with Gasteiger partial charge in [0.05, 0.1) is 5.75 Å². The van der Waals surface area contributed by atoms with Gasteiger partial charge in [0, 0.05) is 15.6 Å². The average Bonchev–Trinajstić information content (AvgIpc) is 3.01. The van der Waals surface area contributed by atoms with Gasteiger partial charge in [-0.2, -0.15) is 0 Å². The maximum atomic E-state index is 12.6. The zero-order valence-corrected chi connectivity index (χ0v) is 16.7. The predicted molar refractivity (Wildman–Crippen MR) is 105 cm³/mol. The van der Waals surface area contributed by atoms with Crippen molar-refractivity contribution in [3.63, 3.8) is 0 Å². The molecule has 0 saturated carbocycles. The number of rotatable bonds is 5. The SMILES string of the molecule is Cc1cc(C)c(C(=O)CSc2n[nH]c(-c3ccccc3Br)n2)c(C)c1. The van der Waals surface area contributed by atoms with Gasteiger partial charge in [-0.25, -0.2) is 4.98 Å². The van der Waals surface area contributed by atoms with Crippen molar-refractivity contribution in [2.45, 2.75) is 25.9 Å². The number of aryl methyl sites for hydroxylation is 3. The van der Waals surface area contributed by atoms with Crippen LogP contribution in [0.3, 0.4) is 0 Å². The van der Waals surface area contributed by atoms with Gasteiger partial charge in [-0.1, -0.05) is 63.6 Å². The zero-order chi connectivity index (χ0) is 18.0. The molecule has 4 nitrogen and oxygen atoms in total. The molecular weight excluding hydrogens is 398 g/mol. The van der Waals surface area contributed by atoms with Crippen LogP contribution in [0, 0.1) is 20.8 Å². The summed E-state index contributed by atoms with van der Waals surface area (Å²) in [6, 6.07) is 11.9. The van der Waals surface area contributed by atoms with Gasteiger partial charge in [-0.15, -0.1) is 5.10 Å². The second-order valence-electron chi connectivity index (χ2n) is 5.93. The van der Waals surface area contributed by atoms with E-state index in [2.05, 4.69) is 31.1 Å². The first kappa shape index (κ1) is 17.9. The van der Waals surface area contributed by atoms with Crippen molar-refractivity contribution in [1.29, 1.82) is 0 Å². The largest absolute Gasteiger partial charge is 0.293 e. The first-order valence-electron chi connectivity index (χ1n) is 7.87. The Labute approximate surface area is 159 Å². The molecule has 128 valence electrons. The Morgan fingerprint density at radius 1 is 1.16 bits per heavy atom. The van der Waals surface area contributed by atoms with Gasteiger partial charge in [0.25, 0.3) is 0 Å². The van der Waals surface area contributed by atoms with Crippen molar-refractivity contribution in [1.82, 2.24) is 15.2 Å². The Morgan fingerprint density at radius 2 is 1.84 bits per heavy atom. The molecule has 6 heteroatoms. The highest BCUT2D eigenvalue weighted by Gasteiger charge is 2.15. The number of benzene rings is 2. The van der Waals surface area contributed by atoms with Gasteiger partial charge in [0.15, 0.2) is 11.6 Å². The molecule has 0 aliphatic carbocycles. The topological polar surface area (TPSA) is 58.6 Å². The molecule has 0 unspecified atom stereocenters. The number of nitrogens with one attached hydrogen (secondary N) is 1. The standard InChI is InChI=1S/C19H18BrN3OS/c1-11-8-12(2)17(13(3)9-11)16(24)10-25-19-21-18(22-23-19)14-6-4-5-7-15(14)20/h4-9H,10H2,1-3H3,(H,21,22,23). The quantitative estimate of drug-likeness (QED) is 0.463. The molecule has 0 bridgehead atoms. The Bertz CT molecular complexity index is 913. The number of nitrogens with zero attached hydrogens (tertiary/aromatic N) is 2. The molecule has 0 spiro atoms. The van der Waals surface area contributed by atoms with Crippen LogP contribution >= 0.6 is 27.7 Å². The predicted octanol–water partition coefficient (Wildman–Crippen LogP) is 5.13. The van der Waals surface area contributed by atoms with Crippen LogP contribution in [0.25, 0.3) is 11.4 Å². The van der Waals surface area contributed by atoms with Crippen molar-refractivity contribution >= 4 is 33.5 Å². The van der Waals surface area contributed by atoms with E-state index in [1.54, 1.807) is 0 Å². The molecule has 0 atom stereocenters. The van der Waals surface area contributed by atoms with Crippen LogP contribution in [0.15, 0.2) is 46.0 Å². The Kier molecular flexibility index (Phi) is 5.39. The highest BCUT2D eigenvalue weighted by atomic mass is 79.9. The number of hydrogen-bond acceptors (Lipinski definition) is 4. The van der Waals surface area contributed by atoms with Crippen LogP contribution in [0.1, 0.15) is 27.0 Å². The summed E-state index contributed by atoms with van der Waals surface area (Å²) in [7, 11) is 0. The average molecular weight is 416 g/mol. The normalized spacial score (nSPS) is 10.9. The lowest BCUT2D eigenvalue weighted by Gasteiger charge is -2.09. The van der Waals surface area contributed by atoms with Crippen LogP contribution in [-0.2, 0) is 0 Å². The van der Waals surface area contributed by atoms with Crippen LogP contribution in [0.4, 0.5) is 0 Å². The molecule has 3 aromatic rings. The summed E-state index contributed by atoms with van der Waals surface area (Å²) >= 11 is 4.86. The summed E-state index contributed by atoms with van der Waals surface area (Å²) in [5.74, 6) is 1.11. The molecule has 3 rings (SSSR count). The third-order valence-electron chi connectivity index (χ3n) is 3.88. The maximum absolute atomic E-state index is 12.6. The molecular formula is C19H18BrN3OS. The number of aromatic nitrogens is 3. The lowest BCUT2D eigenvalue weighted by atomic mass is 9.97. The summed E-state index contributed by atoms with van der Waals surface area (Å²) in [4.78, 5) is 17.1. The summed E-state index contributed by atoms with van der Waals surface area (Å²) in [6.45, 7) is 6.01. The molecule has 0 saturated heterocycles. The third kappa shape index (κ3) is 4.02. The fourth-order valence-electron chi connectivity index (χ4n) is 2.91. The van der Waals surface area contributed by atoms with E-state index in [1.807, 2.05) is 57.2 Å². The molecule has 0 radical (unpaired) electrons. The number of Topliss-reactive ketones (excluding diaryl/α,β-unsaturated/α-hetero) is 1. The molecule has 25 heavy (non-hydrogen) atoms. The van der Waals surface area contributed by atoms with Crippen LogP contribution in [0.2, 0.25) is 0 Å². The zero-order valence-electron chi connectivity index (χ0n) is 14.3. The fourth-order valence-corrected chi connectivity index (χ4v) is 4.05. The van der Waals surface area contributed by atoms with E-state index in [0.29, 0.717) is 16.7 Å². The highest BCUT2D eigenvalue weighted by molar-refractivity contribution is 9.10. The van der Waals surface area contributed by atoms with Crippen LogP contribution < -0.4 is 0 Å². The summed E-state index contributed by atoms with van der Waals surface area (Å²) in [5.41, 5.74) is 4.96. The summed E-state index contributed by atoms with van der Waals surface area (Å²) < 4.78 is 0.949. The van der Waals surface area contributed by atoms with E-state index in [4.69, 9.17) is 0 Å². The summed E-state index contributed by atoms with van der Waals surface area (Å²) in [5, 5.41) is 7.72. The van der Waals surface area contributed by atoms with Crippen LogP contribution in [-0.4, -0.2) is 26.7 Å². The number of hydrogen-bond donors (Lipinski definition) is 1. The molecule has 0 amide bonds. The van der Waals surface area contributed by atoms with E-state index in [0.717, 1.165) is 26.7 Å². The monoisotopic (exact) mass is 415 g/mol. The Hall–Kier alpha value is -1.92. The summed E-state index contributed by atoms with van der Waals surface area (Å²) in [6.07, 6.45) is 0. The molecule has 1 heterocycles. The highest BCUT2D eigenvalue weighted by Crippen LogP contribution is 2.27. The number of carbonyl (C=O) groups is 1. The van der Waals surface area contributed by atoms with Crippen molar-refractivity contribution in [3.8, 4) is 11.4 Å². The Balaban J connectivity index is 1.73. The van der Waals surface area contributed by atoms with Gasteiger partial charge in [-0.05, 0) is 38.0 Å². The van der Waals surface area contributed by atoms with Crippen molar-refractivity contribution in [2.24, 2.45) is 0 Å². The lowest BCUT2D eigenvalue weighted by molar-refractivity contribution is 0.102. The number of halogens is 1. The van der Waals surface area contributed by atoms with Gasteiger partial charge >= 0.3 is 0 Å². The molecule has 1 N–H and O–H groups in total. The first-order chi connectivity index (χ1) is 12.0. The minimum atomic E-state index is 0.104. The lowest BCUT2D eigenvalue weighted by Crippen LogP contribution is -2.08. The first-order valence-corrected chi connectivity index (χ1v) is 9.64. The van der Waals surface area contributed by atoms with Gasteiger partial charge in [0.2, 0.25) is 5.16 Å². The maximum Gasteiger partial charge on any atom is 0.209 e. The van der Waals surface area contributed by atoms with E-state index in [9.17, 15) is 4.79 Å². The number of thioether (sulfide) groups is 1. The second-order valence-corrected chi connectivity index (χ2v) is 7.73. The molecule has 0 fully saturated rings. The molecule has 0 aliphatic heterocycles. The molecule has 2 aromatic carbocycles. The third-order valence-corrected chi connectivity index (χ3v) is 5.42. The smallest absolute Gasteiger partial charge is 0.209 e. The fraction of sp³-hybridized carbons (Fsp3) is 0.211. The van der Waals surface area contributed by atoms with E-state index < -0.39 is 0 Å². The van der Waals surface area contributed by atoms with Gasteiger partial charge < -0.3 is 0 Å². The van der Waals surface area contributed by atoms with Crippen molar-refractivity contribution < 1.29 is 4.79 Å². The Morgan fingerprint density at radius 3 is 2.52 bits per heavy atom. The van der Waals surface area contributed by atoms with Gasteiger partial charge in [0.1, 0.15) is 0 Å². The number of carbonyl (C=O) groups excluding carboxylic acids is 1. The van der Waals surface area contributed by atoms with E-state index in [1.165, 1.54) is 17.3 Å². The minimum absolute atomic E-state index is 0.104. The van der Waals surface area contributed by atoms with Crippen molar-refractivity contribution in [3.05, 3.63) is 63.1 Å². The van der Waals surface area contributed by atoms with Gasteiger partial charge in [-0.3, -0.25) is 9.89 Å². The minimum Gasteiger partial charge on any atom is -0.293 e. The number of aromatic amines is 1. The number of H-pyrrole nitrogens is 1. The van der Waals surface area contributed by atoms with E-state index in [-0.39, 0.29) is 5.78 Å².